The van der Waals surface area contributed by atoms with Crippen molar-refractivity contribution in [1.82, 2.24) is 24.6 Å². The summed E-state index contributed by atoms with van der Waals surface area (Å²) in [5.74, 6) is 1.28. The molecule has 8 nitrogen and oxygen atoms in total. The smallest absolute Gasteiger partial charge is 0.299 e. The number of amides is 1. The Kier molecular flexibility index (Phi) is 9.09. The first-order valence-electron chi connectivity index (χ1n) is 13.7. The topological polar surface area (TPSA) is 97.2 Å². The van der Waals surface area contributed by atoms with Crippen LogP contribution in [-0.4, -0.2) is 59.8 Å². The van der Waals surface area contributed by atoms with Crippen LogP contribution in [0.2, 0.25) is 0 Å². The van der Waals surface area contributed by atoms with Crippen LogP contribution in [0.15, 0.2) is 89.5 Å². The second-order valence-corrected chi connectivity index (χ2v) is 11.8. The maximum absolute atomic E-state index is 13.6. The standard InChI is InChI=1S/C32H29F2N5O3S/c1-2-18-35-32(40)26-7-13-30(14-8-26)43(41,42)39-36-22-29(37-39)17-21-38-19-15-25(16-20-38)31(23-3-9-27(33)10-4-23)24-5-11-28(34)12-6-24/h1,3-14,22H,15-21H2,(H,35,40). The van der Waals surface area contributed by atoms with Gasteiger partial charge < -0.3 is 10.2 Å². The van der Waals surface area contributed by atoms with Crippen LogP contribution in [0.5, 0.6) is 0 Å². The second kappa shape index (κ2) is 13.1. The average Bonchev–Trinajstić information content (AvgIpc) is 3.52. The number of nitrogens with zero attached hydrogens (tertiary/aromatic N) is 4. The van der Waals surface area contributed by atoms with Gasteiger partial charge in [0.05, 0.1) is 23.3 Å². The van der Waals surface area contributed by atoms with Crippen molar-refractivity contribution in [2.45, 2.75) is 24.2 Å². The average molecular weight is 602 g/mol. The lowest BCUT2D eigenvalue weighted by Gasteiger charge is -2.30. The maximum atomic E-state index is 13.6. The number of nitrogens with one attached hydrogen (secondary N) is 1. The van der Waals surface area contributed by atoms with E-state index in [4.69, 9.17) is 6.42 Å². The van der Waals surface area contributed by atoms with E-state index in [1.54, 1.807) is 24.3 Å². The second-order valence-electron chi connectivity index (χ2n) is 10.1. The first-order valence-corrected chi connectivity index (χ1v) is 15.1. The van der Waals surface area contributed by atoms with Crippen LogP contribution in [0.4, 0.5) is 8.78 Å². The summed E-state index contributed by atoms with van der Waals surface area (Å²) in [7, 11) is -4.03. The normalized spacial score (nSPS) is 13.8. The molecule has 1 fully saturated rings. The van der Waals surface area contributed by atoms with Gasteiger partial charge in [0.15, 0.2) is 0 Å². The molecule has 0 aliphatic carbocycles. The van der Waals surface area contributed by atoms with E-state index >= 15 is 0 Å². The van der Waals surface area contributed by atoms with Gasteiger partial charge in [-0.05, 0) is 78.1 Å². The molecule has 0 radical (unpaired) electrons. The predicted molar refractivity (Wildman–Crippen MR) is 158 cm³/mol. The number of aromatic nitrogens is 3. The third kappa shape index (κ3) is 7.05. The largest absolute Gasteiger partial charge is 0.341 e. The first-order chi connectivity index (χ1) is 20.7. The van der Waals surface area contributed by atoms with Crippen molar-refractivity contribution < 1.29 is 22.0 Å². The maximum Gasteiger partial charge on any atom is 0.299 e. The molecule has 3 aromatic carbocycles. The highest BCUT2D eigenvalue weighted by molar-refractivity contribution is 7.89. The number of carbonyl (C=O) groups excluding carboxylic acids is 1. The molecular weight excluding hydrogens is 572 g/mol. The SMILES string of the molecule is C#CCNC(=O)c1ccc(S(=O)(=O)n2ncc(CCN3CCC(=C(c4ccc(F)cc4)c4ccc(F)cc4)CC3)n2)cc1. The Balaban J connectivity index is 1.22. The van der Waals surface area contributed by atoms with Crippen LogP contribution in [0.1, 0.15) is 40.0 Å². The number of terminal acetylenes is 1. The van der Waals surface area contributed by atoms with Crippen LogP contribution in [0.3, 0.4) is 0 Å². The molecule has 1 aliphatic rings. The molecule has 220 valence electrons. The van der Waals surface area contributed by atoms with Gasteiger partial charge in [0.2, 0.25) is 0 Å². The molecule has 5 rings (SSSR count). The lowest BCUT2D eigenvalue weighted by molar-refractivity contribution is 0.0958. The number of likely N-dealkylation sites (tertiary alicyclic amines) is 1. The van der Waals surface area contributed by atoms with Gasteiger partial charge in [-0.3, -0.25) is 4.79 Å². The van der Waals surface area contributed by atoms with Crippen LogP contribution in [-0.2, 0) is 16.4 Å². The zero-order valence-corrected chi connectivity index (χ0v) is 24.0. The van der Waals surface area contributed by atoms with Gasteiger partial charge >= 0.3 is 0 Å². The third-order valence-corrected chi connectivity index (χ3v) is 8.74. The Morgan fingerprint density at radius 3 is 2.00 bits per heavy atom. The van der Waals surface area contributed by atoms with Gasteiger partial charge in [-0.25, -0.2) is 8.78 Å². The lowest BCUT2D eigenvalue weighted by Crippen LogP contribution is -2.33. The van der Waals surface area contributed by atoms with Crippen LogP contribution < -0.4 is 5.32 Å². The molecule has 4 aromatic rings. The molecule has 0 bridgehead atoms. The molecular formula is C32H29F2N5O3S. The Labute approximate surface area is 249 Å². The number of halogens is 2. The summed E-state index contributed by atoms with van der Waals surface area (Å²) in [5, 5.41) is 10.7. The minimum absolute atomic E-state index is 0.0448. The van der Waals surface area contributed by atoms with Crippen LogP contribution in [0, 0.1) is 24.0 Å². The first kappa shape index (κ1) is 29.8. The molecule has 1 amide bonds. The summed E-state index contributed by atoms with van der Waals surface area (Å²) >= 11 is 0. The molecule has 1 aliphatic heterocycles. The number of hydrogen-bond acceptors (Lipinski definition) is 6. The molecule has 43 heavy (non-hydrogen) atoms. The van der Waals surface area contributed by atoms with Crippen LogP contribution >= 0.6 is 0 Å². The Hall–Kier alpha value is -4.66. The summed E-state index contributed by atoms with van der Waals surface area (Å²) in [4.78, 5) is 14.3. The van der Waals surface area contributed by atoms with Gasteiger partial charge in [-0.2, -0.15) is 8.42 Å². The van der Waals surface area contributed by atoms with Crippen molar-refractivity contribution in [3.63, 3.8) is 0 Å². The third-order valence-electron chi connectivity index (χ3n) is 7.26. The number of carbonyl (C=O) groups is 1. The van der Waals surface area contributed by atoms with Crippen molar-refractivity contribution in [3.05, 3.63) is 119 Å². The van der Waals surface area contributed by atoms with E-state index < -0.39 is 15.9 Å². The van der Waals surface area contributed by atoms with Crippen molar-refractivity contribution in [1.29, 1.82) is 0 Å². The van der Waals surface area contributed by atoms with Gasteiger partial charge in [0.1, 0.15) is 11.6 Å². The van der Waals surface area contributed by atoms with Crippen molar-refractivity contribution in [3.8, 4) is 12.3 Å². The fourth-order valence-electron chi connectivity index (χ4n) is 4.99. The van der Waals surface area contributed by atoms with E-state index in [0.717, 1.165) is 42.6 Å². The highest BCUT2D eigenvalue weighted by Gasteiger charge is 2.22. The van der Waals surface area contributed by atoms with E-state index in [-0.39, 0.29) is 28.6 Å². The molecule has 0 spiro atoms. The number of benzene rings is 3. The van der Waals surface area contributed by atoms with Crippen LogP contribution in [0.25, 0.3) is 5.57 Å². The highest BCUT2D eigenvalue weighted by atomic mass is 32.2. The number of rotatable bonds is 9. The lowest BCUT2D eigenvalue weighted by atomic mass is 9.88. The molecule has 2 heterocycles. The van der Waals surface area contributed by atoms with E-state index in [9.17, 15) is 22.0 Å². The Bertz CT molecular complexity index is 1720. The Morgan fingerprint density at radius 2 is 1.44 bits per heavy atom. The summed E-state index contributed by atoms with van der Waals surface area (Å²) in [6.45, 7) is 2.28. The summed E-state index contributed by atoms with van der Waals surface area (Å²) in [6, 6.07) is 18.2. The zero-order valence-electron chi connectivity index (χ0n) is 23.2. The number of piperidine rings is 1. The molecule has 1 saturated heterocycles. The Morgan fingerprint density at radius 1 is 0.884 bits per heavy atom. The van der Waals surface area contributed by atoms with Crippen molar-refractivity contribution in [2.75, 3.05) is 26.2 Å². The van der Waals surface area contributed by atoms with Gasteiger partial charge in [-0.1, -0.05) is 40.0 Å². The monoisotopic (exact) mass is 601 g/mol. The summed E-state index contributed by atoms with van der Waals surface area (Å²) < 4.78 is 54.0. The highest BCUT2D eigenvalue weighted by Crippen LogP contribution is 2.32. The molecule has 1 aromatic heterocycles. The van der Waals surface area contributed by atoms with Gasteiger partial charge in [0.25, 0.3) is 15.9 Å². The summed E-state index contributed by atoms with van der Waals surface area (Å²) in [5.41, 5.74) is 4.80. The fraction of sp³-hybridized carbons (Fsp3) is 0.219. The van der Waals surface area contributed by atoms with Gasteiger partial charge in [0, 0.05) is 31.6 Å². The molecule has 0 atom stereocenters. The number of hydrogen-bond donors (Lipinski definition) is 1. The molecule has 0 saturated carbocycles. The molecule has 0 unspecified atom stereocenters. The van der Waals surface area contributed by atoms with E-state index in [1.165, 1.54) is 60.3 Å². The van der Waals surface area contributed by atoms with E-state index in [2.05, 4.69) is 26.3 Å². The zero-order chi connectivity index (χ0) is 30.4. The summed E-state index contributed by atoms with van der Waals surface area (Å²) in [6.07, 6.45) is 8.65. The molecule has 11 heteroatoms. The van der Waals surface area contributed by atoms with E-state index in [1.807, 2.05) is 0 Å². The van der Waals surface area contributed by atoms with Gasteiger partial charge in [-0.15, -0.1) is 16.6 Å². The minimum atomic E-state index is -4.03. The minimum Gasteiger partial charge on any atom is -0.341 e. The quantitative estimate of drug-likeness (QED) is 0.288. The fourth-order valence-corrected chi connectivity index (χ4v) is 6.04. The molecule has 1 N–H and O–H groups in total. The van der Waals surface area contributed by atoms with Crippen molar-refractivity contribution in [2.24, 2.45) is 0 Å². The van der Waals surface area contributed by atoms with E-state index in [0.29, 0.717) is 22.9 Å². The predicted octanol–water partition coefficient (Wildman–Crippen LogP) is 4.30. The van der Waals surface area contributed by atoms with Crippen molar-refractivity contribution >= 4 is 21.5 Å².